The molecular weight excluding hydrogens is 312 g/mol. The Bertz CT molecular complexity index is 846. The summed E-state index contributed by atoms with van der Waals surface area (Å²) in [6, 6.07) is 3.38. The van der Waals surface area contributed by atoms with Crippen molar-refractivity contribution in [1.29, 1.82) is 0 Å². The number of likely N-dealkylation sites (N-methyl/N-ethyl adjacent to an activating group) is 1. The third kappa shape index (κ3) is 3.65. The van der Waals surface area contributed by atoms with E-state index in [4.69, 9.17) is 10.2 Å². The number of hydrogen-bond donors (Lipinski definition) is 2. The lowest BCUT2D eigenvalue weighted by Gasteiger charge is -2.19. The fourth-order valence-electron chi connectivity index (χ4n) is 2.20. The summed E-state index contributed by atoms with van der Waals surface area (Å²) in [6.45, 7) is 2.35. The third-order valence-electron chi connectivity index (χ3n) is 3.55. The molecule has 8 heteroatoms. The van der Waals surface area contributed by atoms with E-state index >= 15 is 0 Å². The van der Waals surface area contributed by atoms with E-state index in [2.05, 4.69) is 4.98 Å². The fraction of sp³-hybridized carbons (Fsp3) is 0.312. The van der Waals surface area contributed by atoms with Crippen LogP contribution < -0.4 is 21.9 Å². The molecule has 2 heterocycles. The van der Waals surface area contributed by atoms with Gasteiger partial charge in [-0.2, -0.15) is 0 Å². The molecule has 24 heavy (non-hydrogen) atoms. The molecule has 0 aliphatic rings. The van der Waals surface area contributed by atoms with Gasteiger partial charge >= 0.3 is 5.69 Å². The first-order valence-corrected chi connectivity index (χ1v) is 7.57. The number of amides is 1. The number of aromatic nitrogens is 2. The van der Waals surface area contributed by atoms with Crippen LogP contribution in [0, 0.1) is 0 Å². The summed E-state index contributed by atoms with van der Waals surface area (Å²) in [6.07, 6.45) is 5.82. The van der Waals surface area contributed by atoms with Gasteiger partial charge in [0.05, 0.1) is 6.26 Å². The van der Waals surface area contributed by atoms with Gasteiger partial charge in [-0.1, -0.05) is 13.3 Å². The van der Waals surface area contributed by atoms with Crippen molar-refractivity contribution in [1.82, 2.24) is 9.55 Å². The quantitative estimate of drug-likeness (QED) is 0.771. The van der Waals surface area contributed by atoms with Gasteiger partial charge in [-0.3, -0.25) is 19.1 Å². The molecule has 0 spiro atoms. The van der Waals surface area contributed by atoms with Gasteiger partial charge < -0.3 is 15.1 Å². The molecule has 0 aromatic carbocycles. The maximum Gasteiger partial charge on any atom is 0.330 e. The zero-order valence-electron chi connectivity index (χ0n) is 13.6. The first-order valence-electron chi connectivity index (χ1n) is 7.57. The van der Waals surface area contributed by atoms with Crippen LogP contribution >= 0.6 is 0 Å². The second-order valence-electron chi connectivity index (χ2n) is 5.24. The largest absolute Gasteiger partial charge is 0.465 e. The number of rotatable bonds is 6. The lowest BCUT2D eigenvalue weighted by Crippen LogP contribution is -2.38. The molecule has 0 aliphatic carbocycles. The molecule has 0 fully saturated rings. The van der Waals surface area contributed by atoms with E-state index in [1.54, 1.807) is 12.1 Å². The van der Waals surface area contributed by atoms with E-state index < -0.39 is 17.2 Å². The summed E-state index contributed by atoms with van der Waals surface area (Å²) in [5.41, 5.74) is 4.62. The van der Waals surface area contributed by atoms with Crippen molar-refractivity contribution in [2.45, 2.75) is 26.3 Å². The van der Waals surface area contributed by atoms with Crippen molar-refractivity contribution in [2.24, 2.45) is 0 Å². The number of anilines is 2. The molecule has 0 bridgehead atoms. The Morgan fingerprint density at radius 3 is 2.83 bits per heavy atom. The predicted octanol–water partition coefficient (Wildman–Crippen LogP) is 1.19. The molecule has 2 aromatic rings. The molecular formula is C16H20N4O4. The van der Waals surface area contributed by atoms with Crippen LogP contribution in [0.2, 0.25) is 0 Å². The standard InChI is InChI=1S/C16H20N4O4/c1-3-4-9-20-14(17)13(15(22)18-16(20)23)19(2)12(21)8-7-11-6-5-10-24-11/h5-8,10H,3-4,9,17H2,1-2H3,(H,18,22,23). The first kappa shape index (κ1) is 17.3. The van der Waals surface area contributed by atoms with Crippen LogP contribution in [-0.4, -0.2) is 22.5 Å². The van der Waals surface area contributed by atoms with Gasteiger partial charge in [0, 0.05) is 19.7 Å². The summed E-state index contributed by atoms with van der Waals surface area (Å²) >= 11 is 0. The molecule has 0 radical (unpaired) electrons. The summed E-state index contributed by atoms with van der Waals surface area (Å²) in [7, 11) is 1.42. The van der Waals surface area contributed by atoms with Crippen molar-refractivity contribution in [2.75, 3.05) is 17.7 Å². The van der Waals surface area contributed by atoms with Gasteiger partial charge in [-0.05, 0) is 24.6 Å². The van der Waals surface area contributed by atoms with Gasteiger partial charge in [0.2, 0.25) is 0 Å². The number of carbonyl (C=O) groups excluding carboxylic acids is 1. The van der Waals surface area contributed by atoms with Crippen LogP contribution in [0.1, 0.15) is 25.5 Å². The molecule has 128 valence electrons. The van der Waals surface area contributed by atoms with Crippen LogP contribution in [0.25, 0.3) is 6.08 Å². The van der Waals surface area contributed by atoms with E-state index in [9.17, 15) is 14.4 Å². The Morgan fingerprint density at radius 2 is 2.21 bits per heavy atom. The molecule has 1 amide bonds. The normalized spacial score (nSPS) is 11.1. The SMILES string of the molecule is CCCCn1c(N)c(N(C)C(=O)C=Cc2ccco2)c(=O)[nH]c1=O. The van der Waals surface area contributed by atoms with Crippen LogP contribution in [0.3, 0.4) is 0 Å². The van der Waals surface area contributed by atoms with E-state index in [0.717, 1.165) is 17.7 Å². The fourth-order valence-corrected chi connectivity index (χ4v) is 2.20. The summed E-state index contributed by atoms with van der Waals surface area (Å²) in [5, 5.41) is 0. The number of nitrogens with two attached hydrogens (primary N) is 1. The predicted molar refractivity (Wildman–Crippen MR) is 91.8 cm³/mol. The Hall–Kier alpha value is -3.03. The summed E-state index contributed by atoms with van der Waals surface area (Å²) in [5.74, 6) is 0.00952. The number of furan rings is 1. The molecule has 0 aliphatic heterocycles. The smallest absolute Gasteiger partial charge is 0.330 e. The Morgan fingerprint density at radius 1 is 1.46 bits per heavy atom. The number of unbranched alkanes of at least 4 members (excludes halogenated alkanes) is 1. The molecule has 8 nitrogen and oxygen atoms in total. The van der Waals surface area contributed by atoms with E-state index in [0.29, 0.717) is 12.3 Å². The highest BCUT2D eigenvalue weighted by Gasteiger charge is 2.19. The first-order chi connectivity index (χ1) is 11.5. The van der Waals surface area contributed by atoms with Gasteiger partial charge in [-0.15, -0.1) is 0 Å². The molecule has 0 saturated heterocycles. The molecule has 0 atom stereocenters. The van der Waals surface area contributed by atoms with Crippen LogP contribution in [0.4, 0.5) is 11.5 Å². The monoisotopic (exact) mass is 332 g/mol. The lowest BCUT2D eigenvalue weighted by molar-refractivity contribution is -0.113. The highest BCUT2D eigenvalue weighted by molar-refractivity contribution is 6.04. The number of H-pyrrole nitrogens is 1. The second-order valence-corrected chi connectivity index (χ2v) is 5.24. The number of hydrogen-bond acceptors (Lipinski definition) is 5. The van der Waals surface area contributed by atoms with Crippen molar-refractivity contribution in [3.8, 4) is 0 Å². The van der Waals surface area contributed by atoms with Gasteiger partial charge in [0.1, 0.15) is 11.6 Å². The van der Waals surface area contributed by atoms with Gasteiger partial charge in [0.15, 0.2) is 5.69 Å². The second kappa shape index (κ2) is 7.49. The minimum Gasteiger partial charge on any atom is -0.465 e. The van der Waals surface area contributed by atoms with Crippen molar-refractivity contribution < 1.29 is 9.21 Å². The molecule has 0 unspecified atom stereocenters. The molecule has 2 aromatic heterocycles. The van der Waals surface area contributed by atoms with E-state index in [-0.39, 0.29) is 11.5 Å². The molecule has 3 N–H and O–H groups in total. The third-order valence-corrected chi connectivity index (χ3v) is 3.55. The minimum absolute atomic E-state index is 0.0283. The number of nitrogens with one attached hydrogen (secondary N) is 1. The number of nitrogen functional groups attached to an aromatic ring is 1. The maximum atomic E-state index is 12.3. The zero-order chi connectivity index (χ0) is 17.7. The Labute approximate surface area is 138 Å². The van der Waals surface area contributed by atoms with Gasteiger partial charge in [0.25, 0.3) is 11.5 Å². The lowest BCUT2D eigenvalue weighted by atomic mass is 10.3. The average Bonchev–Trinajstić information content (AvgIpc) is 3.05. The summed E-state index contributed by atoms with van der Waals surface area (Å²) in [4.78, 5) is 39.5. The summed E-state index contributed by atoms with van der Waals surface area (Å²) < 4.78 is 6.36. The number of carbonyl (C=O) groups is 1. The minimum atomic E-state index is -0.701. The zero-order valence-corrected chi connectivity index (χ0v) is 13.6. The van der Waals surface area contributed by atoms with Crippen LogP contribution in [0.15, 0.2) is 38.5 Å². The van der Waals surface area contributed by atoms with Gasteiger partial charge in [-0.25, -0.2) is 4.79 Å². The Kier molecular flexibility index (Phi) is 5.41. The highest BCUT2D eigenvalue weighted by Crippen LogP contribution is 2.16. The van der Waals surface area contributed by atoms with E-state index in [1.165, 1.54) is 30.0 Å². The van der Waals surface area contributed by atoms with E-state index in [1.807, 2.05) is 6.92 Å². The average molecular weight is 332 g/mol. The molecule has 2 rings (SSSR count). The number of aromatic amines is 1. The van der Waals surface area contributed by atoms with Crippen LogP contribution in [0.5, 0.6) is 0 Å². The molecule has 0 saturated carbocycles. The topological polar surface area (TPSA) is 114 Å². The maximum absolute atomic E-state index is 12.3. The van der Waals surface area contributed by atoms with Crippen molar-refractivity contribution in [3.63, 3.8) is 0 Å². The number of nitrogens with zero attached hydrogens (tertiary/aromatic N) is 2. The van der Waals surface area contributed by atoms with Crippen molar-refractivity contribution in [3.05, 3.63) is 51.1 Å². The Balaban J connectivity index is 2.34. The highest BCUT2D eigenvalue weighted by atomic mass is 16.3. The van der Waals surface area contributed by atoms with Crippen molar-refractivity contribution >= 4 is 23.5 Å². The van der Waals surface area contributed by atoms with Crippen LogP contribution in [-0.2, 0) is 11.3 Å².